The number of rotatable bonds is 13. The lowest BCUT2D eigenvalue weighted by atomic mass is 10.0. The monoisotopic (exact) mass is 354 g/mol. The molecular weight excluding hydrogens is 320 g/mol. The molecule has 2 rings (SSSR count). The first kappa shape index (κ1) is 20.4. The summed E-state index contributed by atoms with van der Waals surface area (Å²) in [6, 6.07) is 15.4. The summed E-state index contributed by atoms with van der Waals surface area (Å²) < 4.78 is 6.01. The van der Waals surface area contributed by atoms with Gasteiger partial charge in [-0.15, -0.1) is 0 Å². The number of hydrogen-bond donors (Lipinski definition) is 1. The first-order chi connectivity index (χ1) is 12.8. The van der Waals surface area contributed by atoms with E-state index < -0.39 is 0 Å². The quantitative estimate of drug-likeness (QED) is 0.381. The third-order valence-electron chi connectivity index (χ3n) is 4.84. The molecule has 0 amide bonds. The second kappa shape index (κ2) is 12.4. The summed E-state index contributed by atoms with van der Waals surface area (Å²) >= 11 is 0. The number of aromatic hydroxyl groups is 1. The average molecular weight is 355 g/mol. The number of phenolic OH excluding ortho intramolecular Hbond substituents is 1. The van der Waals surface area contributed by atoms with Crippen molar-refractivity contribution in [3.8, 4) is 22.6 Å². The van der Waals surface area contributed by atoms with Crippen LogP contribution < -0.4 is 4.74 Å². The molecule has 0 aliphatic heterocycles. The second-order valence-electron chi connectivity index (χ2n) is 7.04. The summed E-state index contributed by atoms with van der Waals surface area (Å²) in [5.74, 6) is 1.15. The Kier molecular flexibility index (Phi) is 9.71. The molecule has 0 heterocycles. The molecule has 2 heteroatoms. The van der Waals surface area contributed by atoms with Gasteiger partial charge in [-0.25, -0.2) is 0 Å². The van der Waals surface area contributed by atoms with Crippen molar-refractivity contribution in [2.75, 3.05) is 6.61 Å². The van der Waals surface area contributed by atoms with Crippen molar-refractivity contribution in [1.29, 1.82) is 0 Å². The van der Waals surface area contributed by atoms with Crippen molar-refractivity contribution in [3.63, 3.8) is 0 Å². The van der Waals surface area contributed by atoms with Gasteiger partial charge in [-0.05, 0) is 18.6 Å². The molecule has 0 saturated heterocycles. The SMILES string of the molecule is CCCCCCCCCCCCOc1ccccc1-c1ccccc1O. The Morgan fingerprint density at radius 1 is 0.654 bits per heavy atom. The van der Waals surface area contributed by atoms with Gasteiger partial charge in [-0.3, -0.25) is 0 Å². The number of phenols is 1. The fraction of sp³-hybridized carbons (Fsp3) is 0.500. The maximum atomic E-state index is 10.1. The highest BCUT2D eigenvalue weighted by Gasteiger charge is 2.09. The Hall–Kier alpha value is -1.96. The fourth-order valence-electron chi connectivity index (χ4n) is 3.29. The van der Waals surface area contributed by atoms with Crippen molar-refractivity contribution in [1.82, 2.24) is 0 Å². The van der Waals surface area contributed by atoms with Crippen LogP contribution in [0.2, 0.25) is 0 Å². The first-order valence-electron chi connectivity index (χ1n) is 10.3. The molecule has 26 heavy (non-hydrogen) atoms. The van der Waals surface area contributed by atoms with Crippen LogP contribution in [-0.2, 0) is 0 Å². The van der Waals surface area contributed by atoms with E-state index in [4.69, 9.17) is 4.74 Å². The molecule has 2 aromatic rings. The highest BCUT2D eigenvalue weighted by molar-refractivity contribution is 5.75. The normalized spacial score (nSPS) is 10.8. The zero-order valence-electron chi connectivity index (χ0n) is 16.3. The maximum Gasteiger partial charge on any atom is 0.127 e. The fourth-order valence-corrected chi connectivity index (χ4v) is 3.29. The average Bonchev–Trinajstić information content (AvgIpc) is 2.67. The Labute approximate surface area is 159 Å². The minimum atomic E-state index is 0.294. The molecule has 1 N–H and O–H groups in total. The van der Waals surface area contributed by atoms with Gasteiger partial charge in [0.15, 0.2) is 0 Å². The first-order valence-corrected chi connectivity index (χ1v) is 10.3. The Morgan fingerprint density at radius 3 is 1.85 bits per heavy atom. The molecule has 0 aliphatic rings. The molecule has 2 aromatic carbocycles. The summed E-state index contributed by atoms with van der Waals surface area (Å²) in [5.41, 5.74) is 1.78. The van der Waals surface area contributed by atoms with Crippen LogP contribution in [0.1, 0.15) is 71.1 Å². The Morgan fingerprint density at radius 2 is 1.19 bits per heavy atom. The third-order valence-corrected chi connectivity index (χ3v) is 4.84. The molecule has 0 aromatic heterocycles. The molecule has 0 aliphatic carbocycles. The molecule has 0 unspecified atom stereocenters. The minimum absolute atomic E-state index is 0.294. The largest absolute Gasteiger partial charge is 0.507 e. The lowest BCUT2D eigenvalue weighted by molar-refractivity contribution is 0.305. The number of benzene rings is 2. The van der Waals surface area contributed by atoms with Crippen LogP contribution >= 0.6 is 0 Å². The molecular formula is C24H34O2. The van der Waals surface area contributed by atoms with Crippen LogP contribution in [0.15, 0.2) is 48.5 Å². The van der Waals surface area contributed by atoms with Crippen LogP contribution in [-0.4, -0.2) is 11.7 Å². The zero-order chi connectivity index (χ0) is 18.5. The predicted octanol–water partition coefficient (Wildman–Crippen LogP) is 7.36. The summed E-state index contributed by atoms with van der Waals surface area (Å²) in [7, 11) is 0. The summed E-state index contributed by atoms with van der Waals surface area (Å²) in [6.07, 6.45) is 13.3. The van der Waals surface area contributed by atoms with Gasteiger partial charge in [-0.2, -0.15) is 0 Å². The van der Waals surface area contributed by atoms with Crippen LogP contribution in [0.25, 0.3) is 11.1 Å². The van der Waals surface area contributed by atoms with Gasteiger partial charge in [0.25, 0.3) is 0 Å². The summed E-state index contributed by atoms with van der Waals surface area (Å²) in [4.78, 5) is 0. The molecule has 142 valence electrons. The number of unbranched alkanes of at least 4 members (excludes halogenated alkanes) is 9. The zero-order valence-corrected chi connectivity index (χ0v) is 16.3. The van der Waals surface area contributed by atoms with Gasteiger partial charge in [0.05, 0.1) is 6.61 Å². The second-order valence-corrected chi connectivity index (χ2v) is 7.04. The Bertz CT molecular complexity index is 621. The van der Waals surface area contributed by atoms with Crippen LogP contribution in [0.5, 0.6) is 11.5 Å². The van der Waals surface area contributed by atoms with Crippen LogP contribution in [0, 0.1) is 0 Å². The topological polar surface area (TPSA) is 29.5 Å². The molecule has 0 bridgehead atoms. The van der Waals surface area contributed by atoms with E-state index in [2.05, 4.69) is 6.92 Å². The highest BCUT2D eigenvalue weighted by atomic mass is 16.5. The van der Waals surface area contributed by atoms with Crippen molar-refractivity contribution < 1.29 is 9.84 Å². The van der Waals surface area contributed by atoms with Gasteiger partial charge in [0, 0.05) is 11.1 Å². The smallest absolute Gasteiger partial charge is 0.127 e. The van der Waals surface area contributed by atoms with E-state index >= 15 is 0 Å². The van der Waals surface area contributed by atoms with E-state index in [1.165, 1.54) is 57.8 Å². The van der Waals surface area contributed by atoms with Crippen LogP contribution in [0.3, 0.4) is 0 Å². The summed E-state index contributed by atoms with van der Waals surface area (Å²) in [5, 5.41) is 10.1. The molecule has 0 saturated carbocycles. The lowest BCUT2D eigenvalue weighted by Crippen LogP contribution is -1.99. The van der Waals surface area contributed by atoms with Gasteiger partial charge >= 0.3 is 0 Å². The van der Waals surface area contributed by atoms with Crippen molar-refractivity contribution in [3.05, 3.63) is 48.5 Å². The van der Waals surface area contributed by atoms with Gasteiger partial charge in [0.2, 0.25) is 0 Å². The van der Waals surface area contributed by atoms with Crippen molar-refractivity contribution >= 4 is 0 Å². The minimum Gasteiger partial charge on any atom is -0.507 e. The van der Waals surface area contributed by atoms with Gasteiger partial charge in [-0.1, -0.05) is 101 Å². The maximum absolute atomic E-state index is 10.1. The number of hydrogen-bond acceptors (Lipinski definition) is 2. The van der Waals surface area contributed by atoms with Gasteiger partial charge in [0.1, 0.15) is 11.5 Å². The Balaban J connectivity index is 1.66. The number of para-hydroxylation sites is 2. The highest BCUT2D eigenvalue weighted by Crippen LogP contribution is 2.35. The van der Waals surface area contributed by atoms with Gasteiger partial charge < -0.3 is 9.84 Å². The van der Waals surface area contributed by atoms with E-state index in [1.54, 1.807) is 6.07 Å². The molecule has 0 radical (unpaired) electrons. The predicted molar refractivity (Wildman–Crippen MR) is 111 cm³/mol. The standard InChI is InChI=1S/C24H34O2/c1-2-3-4-5-6-7-8-9-10-15-20-26-24-19-14-12-17-22(24)21-16-11-13-18-23(21)25/h11-14,16-19,25H,2-10,15,20H2,1H3. The molecule has 0 fully saturated rings. The van der Waals surface area contributed by atoms with E-state index in [9.17, 15) is 5.11 Å². The van der Waals surface area contributed by atoms with E-state index in [0.717, 1.165) is 29.9 Å². The molecule has 0 spiro atoms. The van der Waals surface area contributed by atoms with Crippen molar-refractivity contribution in [2.24, 2.45) is 0 Å². The van der Waals surface area contributed by atoms with Crippen molar-refractivity contribution in [2.45, 2.75) is 71.1 Å². The number of ether oxygens (including phenoxy) is 1. The van der Waals surface area contributed by atoms with E-state index in [1.807, 2.05) is 42.5 Å². The lowest BCUT2D eigenvalue weighted by Gasteiger charge is -2.12. The summed E-state index contributed by atoms with van der Waals surface area (Å²) in [6.45, 7) is 3.00. The third kappa shape index (κ3) is 7.11. The van der Waals surface area contributed by atoms with E-state index in [0.29, 0.717) is 5.75 Å². The van der Waals surface area contributed by atoms with Crippen LogP contribution in [0.4, 0.5) is 0 Å². The molecule has 0 atom stereocenters. The van der Waals surface area contributed by atoms with E-state index in [-0.39, 0.29) is 0 Å². The molecule has 2 nitrogen and oxygen atoms in total.